The van der Waals surface area contributed by atoms with Crippen molar-refractivity contribution in [2.75, 3.05) is 5.43 Å². The number of hydrogen-bond acceptors (Lipinski definition) is 4. The van der Waals surface area contributed by atoms with Crippen LogP contribution in [0.4, 0.5) is 5.82 Å². The number of pyridine rings is 1. The van der Waals surface area contributed by atoms with Crippen molar-refractivity contribution in [3.05, 3.63) is 53.2 Å². The van der Waals surface area contributed by atoms with E-state index in [1.54, 1.807) is 11.8 Å². The van der Waals surface area contributed by atoms with E-state index in [1.807, 2.05) is 42.6 Å². The Kier molecular flexibility index (Phi) is 4.25. The molecule has 17 heavy (non-hydrogen) atoms. The summed E-state index contributed by atoms with van der Waals surface area (Å²) in [6, 6.07) is 11.7. The number of nitrogens with two attached hydrogens (primary N) is 1. The summed E-state index contributed by atoms with van der Waals surface area (Å²) < 4.78 is 0. The van der Waals surface area contributed by atoms with Crippen LogP contribution in [0.25, 0.3) is 0 Å². The van der Waals surface area contributed by atoms with Crippen LogP contribution in [0.15, 0.2) is 47.5 Å². The molecule has 0 saturated carbocycles. The SMILES string of the molecule is NNc1ccc(CSc2ccc(Cl)cc2)cn1. The first-order valence-corrected chi connectivity index (χ1v) is 6.44. The van der Waals surface area contributed by atoms with Crippen LogP contribution in [0.2, 0.25) is 5.02 Å². The quantitative estimate of drug-likeness (QED) is 0.506. The molecule has 88 valence electrons. The van der Waals surface area contributed by atoms with E-state index in [0.717, 1.165) is 16.3 Å². The number of anilines is 1. The third kappa shape index (κ3) is 3.63. The Bertz CT molecular complexity index is 470. The molecule has 0 saturated heterocycles. The molecule has 0 fully saturated rings. The van der Waals surface area contributed by atoms with E-state index in [-0.39, 0.29) is 0 Å². The smallest absolute Gasteiger partial charge is 0.139 e. The summed E-state index contributed by atoms with van der Waals surface area (Å²) in [5, 5.41) is 0.759. The largest absolute Gasteiger partial charge is 0.308 e. The molecule has 0 aliphatic carbocycles. The molecule has 1 heterocycles. The number of benzene rings is 1. The van der Waals surface area contributed by atoms with E-state index >= 15 is 0 Å². The monoisotopic (exact) mass is 265 g/mol. The first kappa shape index (κ1) is 12.2. The van der Waals surface area contributed by atoms with Crippen molar-refractivity contribution in [2.45, 2.75) is 10.6 Å². The van der Waals surface area contributed by atoms with E-state index in [0.29, 0.717) is 5.82 Å². The van der Waals surface area contributed by atoms with Crippen molar-refractivity contribution < 1.29 is 0 Å². The van der Waals surface area contributed by atoms with Crippen molar-refractivity contribution in [2.24, 2.45) is 5.84 Å². The molecule has 2 rings (SSSR count). The molecule has 0 radical (unpaired) electrons. The van der Waals surface area contributed by atoms with Gasteiger partial charge < -0.3 is 5.43 Å². The van der Waals surface area contributed by atoms with Crippen LogP contribution in [-0.4, -0.2) is 4.98 Å². The summed E-state index contributed by atoms with van der Waals surface area (Å²) in [6.07, 6.45) is 1.82. The Morgan fingerprint density at radius 3 is 2.53 bits per heavy atom. The van der Waals surface area contributed by atoms with Gasteiger partial charge in [-0.2, -0.15) is 0 Å². The minimum Gasteiger partial charge on any atom is -0.308 e. The lowest BCUT2D eigenvalue weighted by atomic mass is 10.3. The molecule has 1 aromatic carbocycles. The van der Waals surface area contributed by atoms with Crippen LogP contribution in [-0.2, 0) is 5.75 Å². The van der Waals surface area contributed by atoms with Gasteiger partial charge >= 0.3 is 0 Å². The van der Waals surface area contributed by atoms with Gasteiger partial charge in [0.2, 0.25) is 0 Å². The number of nitrogen functional groups attached to an aromatic ring is 1. The van der Waals surface area contributed by atoms with Crippen molar-refractivity contribution >= 4 is 29.2 Å². The fourth-order valence-electron chi connectivity index (χ4n) is 1.29. The molecule has 1 aromatic heterocycles. The highest BCUT2D eigenvalue weighted by atomic mass is 35.5. The van der Waals surface area contributed by atoms with E-state index in [2.05, 4.69) is 10.4 Å². The highest BCUT2D eigenvalue weighted by Gasteiger charge is 1.98. The average molecular weight is 266 g/mol. The lowest BCUT2D eigenvalue weighted by Gasteiger charge is -2.03. The Balaban J connectivity index is 1.95. The van der Waals surface area contributed by atoms with E-state index in [9.17, 15) is 0 Å². The molecule has 0 aliphatic heterocycles. The van der Waals surface area contributed by atoms with Gasteiger partial charge in [0.25, 0.3) is 0 Å². The predicted molar refractivity (Wildman–Crippen MR) is 73.1 cm³/mol. The van der Waals surface area contributed by atoms with Gasteiger partial charge in [0.15, 0.2) is 0 Å². The van der Waals surface area contributed by atoms with E-state index in [1.165, 1.54) is 4.90 Å². The molecule has 3 nitrogen and oxygen atoms in total. The van der Waals surface area contributed by atoms with Crippen LogP contribution in [0.5, 0.6) is 0 Å². The maximum Gasteiger partial charge on any atom is 0.139 e. The van der Waals surface area contributed by atoms with Crippen LogP contribution in [0, 0.1) is 0 Å². The third-order valence-electron chi connectivity index (χ3n) is 2.19. The lowest BCUT2D eigenvalue weighted by molar-refractivity contribution is 1.19. The number of nitrogens with one attached hydrogen (secondary N) is 1. The van der Waals surface area contributed by atoms with Crippen molar-refractivity contribution in [3.8, 4) is 0 Å². The topological polar surface area (TPSA) is 50.9 Å². The molecular weight excluding hydrogens is 254 g/mol. The number of nitrogens with zero attached hydrogens (tertiary/aromatic N) is 1. The molecule has 2 aromatic rings. The minimum atomic E-state index is 0.672. The second-order valence-corrected chi connectivity index (χ2v) is 4.92. The number of rotatable bonds is 4. The van der Waals surface area contributed by atoms with E-state index in [4.69, 9.17) is 17.4 Å². The van der Waals surface area contributed by atoms with Gasteiger partial charge in [-0.25, -0.2) is 10.8 Å². The van der Waals surface area contributed by atoms with Gasteiger partial charge in [-0.1, -0.05) is 17.7 Å². The zero-order chi connectivity index (χ0) is 12.1. The fourth-order valence-corrected chi connectivity index (χ4v) is 2.25. The lowest BCUT2D eigenvalue weighted by Crippen LogP contribution is -2.08. The maximum atomic E-state index is 5.82. The summed E-state index contributed by atoms with van der Waals surface area (Å²) in [5.74, 6) is 6.79. The summed E-state index contributed by atoms with van der Waals surface area (Å²) in [7, 11) is 0. The first-order valence-electron chi connectivity index (χ1n) is 5.08. The molecule has 3 N–H and O–H groups in total. The summed E-state index contributed by atoms with van der Waals surface area (Å²) in [5.41, 5.74) is 3.66. The predicted octanol–water partition coefficient (Wildman–Crippen LogP) is 3.31. The number of thioether (sulfide) groups is 1. The second-order valence-electron chi connectivity index (χ2n) is 3.44. The number of hydrogen-bond donors (Lipinski definition) is 2. The molecule has 0 unspecified atom stereocenters. The highest BCUT2D eigenvalue weighted by molar-refractivity contribution is 7.98. The van der Waals surface area contributed by atoms with Gasteiger partial charge in [0, 0.05) is 21.9 Å². The number of hydrazine groups is 1. The average Bonchev–Trinajstić information content (AvgIpc) is 2.39. The summed E-state index contributed by atoms with van der Waals surface area (Å²) >= 11 is 7.57. The standard InChI is InChI=1S/C12H12ClN3S/c13-10-2-4-11(5-3-10)17-8-9-1-6-12(16-14)15-7-9/h1-7H,8,14H2,(H,15,16). The third-order valence-corrected chi connectivity index (χ3v) is 3.53. The Morgan fingerprint density at radius 2 is 1.94 bits per heavy atom. The summed E-state index contributed by atoms with van der Waals surface area (Å²) in [4.78, 5) is 5.34. The van der Waals surface area contributed by atoms with Crippen LogP contribution in [0.1, 0.15) is 5.56 Å². The van der Waals surface area contributed by atoms with Gasteiger partial charge in [0.1, 0.15) is 5.82 Å². The van der Waals surface area contributed by atoms with Crippen molar-refractivity contribution in [1.82, 2.24) is 4.98 Å². The van der Waals surface area contributed by atoms with Gasteiger partial charge in [-0.05, 0) is 35.9 Å². The maximum absolute atomic E-state index is 5.82. The molecule has 0 bridgehead atoms. The number of aromatic nitrogens is 1. The van der Waals surface area contributed by atoms with Gasteiger partial charge in [-0.15, -0.1) is 11.8 Å². The van der Waals surface area contributed by atoms with Gasteiger partial charge in [0.05, 0.1) is 0 Å². The van der Waals surface area contributed by atoms with E-state index < -0.39 is 0 Å². The zero-order valence-electron chi connectivity index (χ0n) is 9.06. The Labute approximate surface area is 109 Å². The summed E-state index contributed by atoms with van der Waals surface area (Å²) in [6.45, 7) is 0. The molecule has 0 atom stereocenters. The molecular formula is C12H12ClN3S. The minimum absolute atomic E-state index is 0.672. The highest BCUT2D eigenvalue weighted by Crippen LogP contribution is 2.24. The number of halogens is 1. The second kappa shape index (κ2) is 5.91. The van der Waals surface area contributed by atoms with Crippen LogP contribution in [0.3, 0.4) is 0 Å². The van der Waals surface area contributed by atoms with Crippen LogP contribution >= 0.6 is 23.4 Å². The van der Waals surface area contributed by atoms with Gasteiger partial charge in [-0.3, -0.25) is 0 Å². The molecule has 5 heteroatoms. The Hall–Kier alpha value is -1.23. The normalized spacial score (nSPS) is 10.2. The fraction of sp³-hybridized carbons (Fsp3) is 0.0833. The molecule has 0 aliphatic rings. The molecule has 0 amide bonds. The van der Waals surface area contributed by atoms with Crippen molar-refractivity contribution in [3.63, 3.8) is 0 Å². The Morgan fingerprint density at radius 1 is 1.18 bits per heavy atom. The zero-order valence-corrected chi connectivity index (χ0v) is 10.6. The van der Waals surface area contributed by atoms with Crippen LogP contribution < -0.4 is 11.3 Å². The first-order chi connectivity index (χ1) is 8.28. The molecule has 0 spiro atoms. The van der Waals surface area contributed by atoms with Crippen molar-refractivity contribution in [1.29, 1.82) is 0 Å².